The number of thiophene rings is 1. The van der Waals surface area contributed by atoms with Crippen LogP contribution in [0.5, 0.6) is 0 Å². The molecule has 1 amide bonds. The molecule has 0 spiro atoms. The Bertz CT molecular complexity index is 582. The normalized spacial score (nSPS) is 13.1. The van der Waals surface area contributed by atoms with Gasteiger partial charge in [-0.25, -0.2) is 4.79 Å². The van der Waals surface area contributed by atoms with Gasteiger partial charge in [-0.15, -0.1) is 11.3 Å². The molecule has 1 atom stereocenters. The number of amides is 1. The zero-order valence-corrected chi connectivity index (χ0v) is 15.7. The summed E-state index contributed by atoms with van der Waals surface area (Å²) in [6, 6.07) is 1.85. The zero-order valence-electron chi connectivity index (χ0n) is 14.9. The lowest BCUT2D eigenvalue weighted by Gasteiger charge is -2.22. The van der Waals surface area contributed by atoms with Gasteiger partial charge in [-0.05, 0) is 43.7 Å². The van der Waals surface area contributed by atoms with Crippen molar-refractivity contribution in [3.63, 3.8) is 0 Å². The first-order valence-corrected chi connectivity index (χ1v) is 8.74. The minimum absolute atomic E-state index is 0.196. The molecule has 5 heteroatoms. The van der Waals surface area contributed by atoms with E-state index in [0.717, 1.165) is 11.3 Å². The van der Waals surface area contributed by atoms with E-state index in [9.17, 15) is 9.59 Å². The molecule has 1 heterocycles. The van der Waals surface area contributed by atoms with Crippen molar-refractivity contribution in [3.05, 3.63) is 28.7 Å². The van der Waals surface area contributed by atoms with E-state index in [1.807, 2.05) is 6.07 Å². The number of esters is 1. The minimum atomic E-state index is -0.395. The van der Waals surface area contributed by atoms with E-state index in [-0.39, 0.29) is 11.3 Å². The molecular weight excluding hydrogens is 310 g/mol. The number of rotatable bonds is 6. The maximum absolute atomic E-state index is 12.1. The summed E-state index contributed by atoms with van der Waals surface area (Å²) >= 11 is 1.45. The van der Waals surface area contributed by atoms with Crippen molar-refractivity contribution in [1.82, 2.24) is 0 Å². The summed E-state index contributed by atoms with van der Waals surface area (Å²) in [5.41, 5.74) is 0.632. The predicted octanol–water partition coefficient (Wildman–Crippen LogP) is 4.98. The number of carbonyl (C=O) groups excluding carboxylic acids is 2. The average Bonchev–Trinajstić information content (AvgIpc) is 2.81. The first kappa shape index (κ1) is 19.4. The van der Waals surface area contributed by atoms with Crippen LogP contribution in [0.2, 0.25) is 0 Å². The van der Waals surface area contributed by atoms with Gasteiger partial charge in [0.05, 0.1) is 12.2 Å². The van der Waals surface area contributed by atoms with Gasteiger partial charge in [0.15, 0.2) is 0 Å². The number of anilines is 1. The third-order valence-corrected chi connectivity index (χ3v) is 4.49. The Hall–Kier alpha value is -1.62. The van der Waals surface area contributed by atoms with Gasteiger partial charge in [0.25, 0.3) is 0 Å². The summed E-state index contributed by atoms with van der Waals surface area (Å²) < 4.78 is 5.10. The topological polar surface area (TPSA) is 55.4 Å². The quantitative estimate of drug-likeness (QED) is 0.588. The van der Waals surface area contributed by atoms with Gasteiger partial charge in [-0.1, -0.05) is 33.8 Å². The molecular formula is C18H27NO3S. The van der Waals surface area contributed by atoms with Crippen LogP contribution in [0.3, 0.4) is 0 Å². The van der Waals surface area contributed by atoms with Crippen LogP contribution in [-0.4, -0.2) is 18.5 Å². The van der Waals surface area contributed by atoms with Crippen molar-refractivity contribution in [2.24, 2.45) is 5.41 Å². The number of carbonyl (C=O) groups is 2. The number of hydrogen-bond donors (Lipinski definition) is 1. The van der Waals surface area contributed by atoms with Crippen molar-refractivity contribution in [2.45, 2.75) is 53.9 Å². The highest BCUT2D eigenvalue weighted by molar-refractivity contribution is 7.16. The van der Waals surface area contributed by atoms with Gasteiger partial charge in [-0.2, -0.15) is 0 Å². The van der Waals surface area contributed by atoms with Crippen LogP contribution in [0.4, 0.5) is 5.00 Å². The number of nitrogens with one attached hydrogen (secondary N) is 1. The van der Waals surface area contributed by atoms with Gasteiger partial charge < -0.3 is 10.1 Å². The third-order valence-electron chi connectivity index (χ3n) is 3.21. The van der Waals surface area contributed by atoms with Crippen LogP contribution in [0.25, 0.3) is 0 Å². The summed E-state index contributed by atoms with van der Waals surface area (Å²) in [6.07, 6.45) is 4.10. The van der Waals surface area contributed by atoms with Crippen LogP contribution >= 0.6 is 11.3 Å². The maximum atomic E-state index is 12.1. The Morgan fingerprint density at radius 3 is 2.57 bits per heavy atom. The van der Waals surface area contributed by atoms with Crippen LogP contribution < -0.4 is 5.32 Å². The van der Waals surface area contributed by atoms with Gasteiger partial charge in [0, 0.05) is 4.88 Å². The molecule has 0 fully saturated rings. The molecule has 1 N–H and O–H groups in total. The second-order valence-corrected chi connectivity index (χ2v) is 7.85. The molecule has 0 aliphatic carbocycles. The van der Waals surface area contributed by atoms with Gasteiger partial charge >= 0.3 is 5.97 Å². The van der Waals surface area contributed by atoms with E-state index in [2.05, 4.69) is 33.0 Å². The number of allylic oxidation sites excluding steroid dienone is 1. The fourth-order valence-corrected chi connectivity index (χ4v) is 3.53. The Morgan fingerprint density at radius 1 is 1.39 bits per heavy atom. The zero-order chi connectivity index (χ0) is 17.6. The molecule has 0 saturated heterocycles. The standard InChI is InChI=1S/C18H27NO3S/c1-7-9-15(20)19-16-13(17(21)22-8-2)10-14(23-16)12(3)11-18(4,5)6/h7,9-10,12H,8,11H2,1-6H3,(H,19,20). The van der Waals surface area contributed by atoms with Crippen molar-refractivity contribution in [2.75, 3.05) is 11.9 Å². The maximum Gasteiger partial charge on any atom is 0.341 e. The van der Waals surface area contributed by atoms with E-state index >= 15 is 0 Å². The Morgan fingerprint density at radius 2 is 2.04 bits per heavy atom. The fourth-order valence-electron chi connectivity index (χ4n) is 2.43. The lowest BCUT2D eigenvalue weighted by atomic mass is 9.85. The summed E-state index contributed by atoms with van der Waals surface area (Å²) in [7, 11) is 0. The fraction of sp³-hybridized carbons (Fsp3) is 0.556. The van der Waals surface area contributed by atoms with Crippen molar-refractivity contribution < 1.29 is 14.3 Å². The summed E-state index contributed by atoms with van der Waals surface area (Å²) in [5, 5.41) is 3.34. The monoisotopic (exact) mass is 337 g/mol. The largest absolute Gasteiger partial charge is 0.462 e. The molecule has 23 heavy (non-hydrogen) atoms. The van der Waals surface area contributed by atoms with Crippen LogP contribution in [0.15, 0.2) is 18.2 Å². The molecule has 0 aliphatic rings. The second-order valence-electron chi connectivity index (χ2n) is 6.77. The molecule has 0 saturated carbocycles. The van der Waals surface area contributed by atoms with Crippen molar-refractivity contribution >= 4 is 28.2 Å². The highest BCUT2D eigenvalue weighted by atomic mass is 32.1. The highest BCUT2D eigenvalue weighted by Gasteiger charge is 2.23. The number of ether oxygens (including phenoxy) is 1. The van der Waals surface area contributed by atoms with Crippen LogP contribution in [0, 0.1) is 5.41 Å². The first-order chi connectivity index (χ1) is 10.7. The Labute approximate surface area is 142 Å². The van der Waals surface area contributed by atoms with E-state index in [1.165, 1.54) is 17.4 Å². The van der Waals surface area contributed by atoms with Crippen molar-refractivity contribution in [3.8, 4) is 0 Å². The lowest BCUT2D eigenvalue weighted by Crippen LogP contribution is -2.11. The van der Waals surface area contributed by atoms with Crippen LogP contribution in [0.1, 0.15) is 69.1 Å². The summed E-state index contributed by atoms with van der Waals surface area (Å²) in [5.74, 6) is -0.329. The Kier molecular flexibility index (Phi) is 7.01. The molecule has 0 aromatic carbocycles. The molecule has 128 valence electrons. The lowest BCUT2D eigenvalue weighted by molar-refractivity contribution is -0.111. The molecule has 0 radical (unpaired) electrons. The molecule has 1 aromatic rings. The minimum Gasteiger partial charge on any atom is -0.462 e. The van der Waals surface area contributed by atoms with E-state index < -0.39 is 5.97 Å². The van der Waals surface area contributed by atoms with E-state index in [0.29, 0.717) is 23.1 Å². The second kappa shape index (κ2) is 8.29. The van der Waals surface area contributed by atoms with Gasteiger partial charge in [0.1, 0.15) is 5.00 Å². The van der Waals surface area contributed by atoms with Crippen molar-refractivity contribution in [1.29, 1.82) is 0 Å². The molecule has 1 aromatic heterocycles. The SMILES string of the molecule is CC=CC(=O)Nc1sc(C(C)CC(C)(C)C)cc1C(=O)OCC. The van der Waals surface area contributed by atoms with E-state index in [4.69, 9.17) is 4.74 Å². The van der Waals surface area contributed by atoms with Gasteiger partial charge in [0.2, 0.25) is 5.91 Å². The smallest absolute Gasteiger partial charge is 0.341 e. The Balaban J connectivity index is 3.10. The first-order valence-electron chi connectivity index (χ1n) is 7.92. The van der Waals surface area contributed by atoms with Crippen LogP contribution in [-0.2, 0) is 9.53 Å². The van der Waals surface area contributed by atoms with E-state index in [1.54, 1.807) is 19.9 Å². The number of hydrogen-bond acceptors (Lipinski definition) is 4. The molecule has 4 nitrogen and oxygen atoms in total. The molecule has 0 aliphatic heterocycles. The average molecular weight is 337 g/mol. The molecule has 1 rings (SSSR count). The molecule has 0 bridgehead atoms. The highest BCUT2D eigenvalue weighted by Crippen LogP contribution is 2.38. The summed E-state index contributed by atoms with van der Waals surface area (Å²) in [4.78, 5) is 25.0. The molecule has 1 unspecified atom stereocenters. The predicted molar refractivity (Wildman–Crippen MR) is 96.2 cm³/mol. The third kappa shape index (κ3) is 6.18. The van der Waals surface area contributed by atoms with Gasteiger partial charge in [-0.3, -0.25) is 4.79 Å². The summed E-state index contributed by atoms with van der Waals surface area (Å²) in [6.45, 7) is 12.6.